The molecule has 3 rings (SSSR count). The van der Waals surface area contributed by atoms with Crippen LogP contribution < -0.4 is 10.6 Å². The highest BCUT2D eigenvalue weighted by Gasteiger charge is 2.48. The molecule has 5 heteroatoms. The van der Waals surface area contributed by atoms with Gasteiger partial charge in [0.15, 0.2) is 0 Å². The second-order valence-corrected chi connectivity index (χ2v) is 6.68. The maximum Gasteiger partial charge on any atom is 0.224 e. The van der Waals surface area contributed by atoms with E-state index in [4.69, 9.17) is 0 Å². The molecule has 124 valence electrons. The van der Waals surface area contributed by atoms with Crippen molar-refractivity contribution in [1.82, 2.24) is 15.6 Å². The summed E-state index contributed by atoms with van der Waals surface area (Å²) in [4.78, 5) is 28.6. The second kappa shape index (κ2) is 7.57. The van der Waals surface area contributed by atoms with Crippen LogP contribution in [0, 0.1) is 11.8 Å². The van der Waals surface area contributed by atoms with Gasteiger partial charge >= 0.3 is 0 Å². The van der Waals surface area contributed by atoms with Crippen LogP contribution in [-0.4, -0.2) is 22.8 Å². The molecule has 0 spiro atoms. The summed E-state index contributed by atoms with van der Waals surface area (Å²) in [6, 6.07) is 5.93. The predicted molar refractivity (Wildman–Crippen MR) is 87.3 cm³/mol. The number of hydrogen-bond acceptors (Lipinski definition) is 3. The molecule has 0 radical (unpaired) electrons. The maximum absolute atomic E-state index is 12.3. The average Bonchev–Trinajstić information content (AvgIpc) is 3.38. The number of carbonyl (C=O) groups excluding carboxylic acids is 2. The smallest absolute Gasteiger partial charge is 0.224 e. The fourth-order valence-electron chi connectivity index (χ4n) is 3.32. The van der Waals surface area contributed by atoms with Gasteiger partial charge in [-0.1, -0.05) is 31.7 Å². The van der Waals surface area contributed by atoms with Crippen molar-refractivity contribution in [3.05, 3.63) is 30.1 Å². The molecular formula is C18H25N3O2. The van der Waals surface area contributed by atoms with Crippen LogP contribution in [0.4, 0.5) is 0 Å². The quantitative estimate of drug-likeness (QED) is 0.818. The van der Waals surface area contributed by atoms with Crippen LogP contribution in [0.1, 0.15) is 50.6 Å². The molecule has 0 saturated heterocycles. The van der Waals surface area contributed by atoms with Crippen molar-refractivity contribution in [3.63, 3.8) is 0 Å². The molecule has 2 amide bonds. The molecule has 1 aromatic rings. The summed E-state index contributed by atoms with van der Waals surface area (Å²) in [7, 11) is 0. The van der Waals surface area contributed by atoms with Crippen LogP contribution in [0.2, 0.25) is 0 Å². The van der Waals surface area contributed by atoms with Gasteiger partial charge in [-0.2, -0.15) is 0 Å². The van der Waals surface area contributed by atoms with E-state index >= 15 is 0 Å². The summed E-state index contributed by atoms with van der Waals surface area (Å²) in [5.74, 6) is -0.266. The van der Waals surface area contributed by atoms with Gasteiger partial charge in [0.25, 0.3) is 0 Å². The third-order valence-electron chi connectivity index (χ3n) is 4.84. The lowest BCUT2D eigenvalue weighted by molar-refractivity contribution is -0.127. The first-order chi connectivity index (χ1) is 11.2. The summed E-state index contributed by atoms with van der Waals surface area (Å²) >= 11 is 0. The lowest BCUT2D eigenvalue weighted by Crippen LogP contribution is -2.36. The molecule has 2 unspecified atom stereocenters. The van der Waals surface area contributed by atoms with E-state index in [0.29, 0.717) is 19.0 Å². The van der Waals surface area contributed by atoms with Crippen molar-refractivity contribution in [1.29, 1.82) is 0 Å². The Labute approximate surface area is 137 Å². The minimum absolute atomic E-state index is 0.0309. The molecule has 0 aromatic carbocycles. The standard InChI is InChI=1S/C18H25N3O2/c22-17(20-12-14-9-5-6-10-19-14)15-11-16(15)18(23)21-13-7-3-1-2-4-8-13/h5-6,9-10,13,15-16H,1-4,7-8,11-12H2,(H,20,22)(H,21,23). The second-order valence-electron chi connectivity index (χ2n) is 6.68. The number of aromatic nitrogens is 1. The van der Waals surface area contributed by atoms with Gasteiger partial charge in [0.05, 0.1) is 24.1 Å². The Kier molecular flexibility index (Phi) is 5.26. The van der Waals surface area contributed by atoms with Crippen molar-refractivity contribution in [2.75, 3.05) is 0 Å². The highest BCUT2D eigenvalue weighted by atomic mass is 16.2. The first-order valence-corrected chi connectivity index (χ1v) is 8.72. The highest BCUT2D eigenvalue weighted by molar-refractivity contribution is 5.92. The van der Waals surface area contributed by atoms with Crippen LogP contribution in [0.5, 0.6) is 0 Å². The molecule has 2 saturated carbocycles. The predicted octanol–water partition coefficient (Wildman–Crippen LogP) is 2.17. The van der Waals surface area contributed by atoms with Crippen molar-refractivity contribution < 1.29 is 9.59 Å². The lowest BCUT2D eigenvalue weighted by atomic mass is 10.1. The zero-order valence-corrected chi connectivity index (χ0v) is 13.5. The monoisotopic (exact) mass is 315 g/mol. The Morgan fingerprint density at radius 2 is 1.78 bits per heavy atom. The van der Waals surface area contributed by atoms with Crippen LogP contribution in [-0.2, 0) is 16.1 Å². The van der Waals surface area contributed by atoms with E-state index in [-0.39, 0.29) is 23.7 Å². The molecule has 1 heterocycles. The van der Waals surface area contributed by atoms with Gasteiger partial charge in [-0.25, -0.2) is 0 Å². The van der Waals surface area contributed by atoms with E-state index in [1.165, 1.54) is 25.7 Å². The van der Waals surface area contributed by atoms with Gasteiger partial charge in [0.2, 0.25) is 11.8 Å². The molecule has 0 aliphatic heterocycles. The van der Waals surface area contributed by atoms with E-state index in [0.717, 1.165) is 18.5 Å². The number of carbonyl (C=O) groups is 2. The SMILES string of the molecule is O=C(NCc1ccccn1)C1CC1C(=O)NC1CCCCCC1. The summed E-state index contributed by atoms with van der Waals surface area (Å²) in [5.41, 5.74) is 0.834. The summed E-state index contributed by atoms with van der Waals surface area (Å²) in [6.07, 6.45) is 9.48. The third kappa shape index (κ3) is 4.53. The Morgan fingerprint density at radius 1 is 1.04 bits per heavy atom. The molecule has 0 bridgehead atoms. The maximum atomic E-state index is 12.3. The molecule has 1 aromatic heterocycles. The van der Waals surface area contributed by atoms with Gasteiger partial charge in [-0.3, -0.25) is 14.6 Å². The molecule has 2 atom stereocenters. The van der Waals surface area contributed by atoms with Crippen molar-refractivity contribution in [2.45, 2.75) is 57.5 Å². The molecule has 23 heavy (non-hydrogen) atoms. The highest BCUT2D eigenvalue weighted by Crippen LogP contribution is 2.39. The molecule has 2 aliphatic carbocycles. The first kappa shape index (κ1) is 16.0. The largest absolute Gasteiger partial charge is 0.353 e. The minimum atomic E-state index is -0.163. The van der Waals surface area contributed by atoms with E-state index < -0.39 is 0 Å². The van der Waals surface area contributed by atoms with Gasteiger partial charge < -0.3 is 10.6 Å². The van der Waals surface area contributed by atoms with Gasteiger partial charge in [-0.15, -0.1) is 0 Å². The Bertz CT molecular complexity index is 538. The van der Waals surface area contributed by atoms with E-state index in [9.17, 15) is 9.59 Å². The average molecular weight is 315 g/mol. The Hall–Kier alpha value is -1.91. The summed E-state index contributed by atoms with van der Waals surface area (Å²) in [5, 5.41) is 6.03. The number of amides is 2. The normalized spacial score (nSPS) is 24.5. The van der Waals surface area contributed by atoms with Crippen LogP contribution >= 0.6 is 0 Å². The number of nitrogens with one attached hydrogen (secondary N) is 2. The van der Waals surface area contributed by atoms with Crippen molar-refractivity contribution in [3.8, 4) is 0 Å². The number of hydrogen-bond donors (Lipinski definition) is 2. The molecule has 2 aliphatic rings. The van der Waals surface area contributed by atoms with Gasteiger partial charge in [-0.05, 0) is 31.4 Å². The Morgan fingerprint density at radius 3 is 2.48 bits per heavy atom. The van der Waals surface area contributed by atoms with Gasteiger partial charge in [0, 0.05) is 12.2 Å². The fourth-order valence-corrected chi connectivity index (χ4v) is 3.32. The lowest BCUT2D eigenvalue weighted by Gasteiger charge is -2.16. The summed E-state index contributed by atoms with van der Waals surface area (Å²) in [6.45, 7) is 0.424. The van der Waals surface area contributed by atoms with Crippen LogP contribution in [0.25, 0.3) is 0 Å². The zero-order valence-electron chi connectivity index (χ0n) is 13.5. The Balaban J connectivity index is 1.41. The van der Waals surface area contributed by atoms with E-state index in [1.807, 2.05) is 18.2 Å². The summed E-state index contributed by atoms with van der Waals surface area (Å²) < 4.78 is 0. The van der Waals surface area contributed by atoms with Crippen LogP contribution in [0.3, 0.4) is 0 Å². The number of pyridine rings is 1. The minimum Gasteiger partial charge on any atom is -0.353 e. The zero-order chi connectivity index (χ0) is 16.1. The van der Waals surface area contributed by atoms with Crippen LogP contribution in [0.15, 0.2) is 24.4 Å². The number of rotatable bonds is 5. The van der Waals surface area contributed by atoms with Crippen molar-refractivity contribution in [2.24, 2.45) is 11.8 Å². The first-order valence-electron chi connectivity index (χ1n) is 8.72. The van der Waals surface area contributed by atoms with Gasteiger partial charge in [0.1, 0.15) is 0 Å². The third-order valence-corrected chi connectivity index (χ3v) is 4.84. The molecule has 2 fully saturated rings. The van der Waals surface area contributed by atoms with E-state index in [2.05, 4.69) is 15.6 Å². The topological polar surface area (TPSA) is 71.1 Å². The molecule has 5 nitrogen and oxygen atoms in total. The fraction of sp³-hybridized carbons (Fsp3) is 0.611. The van der Waals surface area contributed by atoms with Crippen molar-refractivity contribution >= 4 is 11.8 Å². The number of nitrogens with zero attached hydrogens (tertiary/aromatic N) is 1. The van der Waals surface area contributed by atoms with E-state index in [1.54, 1.807) is 6.20 Å². The molecule has 2 N–H and O–H groups in total. The molecular weight excluding hydrogens is 290 g/mol.